The Kier molecular flexibility index (Phi) is 5.32. The second-order valence-electron chi connectivity index (χ2n) is 4.77. The largest absolute Gasteiger partial charge is 0.507 e. The van der Waals surface area contributed by atoms with Crippen molar-refractivity contribution < 1.29 is 28.2 Å². The molecular weight excluding hydrogens is 298 g/mol. The van der Waals surface area contributed by atoms with E-state index < -0.39 is 33.3 Å². The number of aromatic hydroxyl groups is 1. The van der Waals surface area contributed by atoms with Gasteiger partial charge >= 0.3 is 5.97 Å². The van der Waals surface area contributed by atoms with Crippen LogP contribution in [0.15, 0.2) is 17.0 Å². The van der Waals surface area contributed by atoms with Crippen molar-refractivity contribution in [2.45, 2.75) is 24.8 Å². The minimum absolute atomic E-state index is 0.150. The van der Waals surface area contributed by atoms with Gasteiger partial charge in [-0.05, 0) is 31.5 Å². The van der Waals surface area contributed by atoms with Crippen molar-refractivity contribution in [1.29, 1.82) is 0 Å². The van der Waals surface area contributed by atoms with Crippen LogP contribution >= 0.6 is 0 Å². The van der Waals surface area contributed by atoms with Crippen LogP contribution in [0.1, 0.15) is 22.8 Å². The zero-order valence-corrected chi connectivity index (χ0v) is 13.1. The van der Waals surface area contributed by atoms with Crippen molar-refractivity contribution in [1.82, 2.24) is 4.31 Å². The highest BCUT2D eigenvalue weighted by Crippen LogP contribution is 2.27. The Bertz CT molecular complexity index is 640. The van der Waals surface area contributed by atoms with Gasteiger partial charge in [-0.3, -0.25) is 0 Å². The molecule has 0 fully saturated rings. The van der Waals surface area contributed by atoms with E-state index in [-0.39, 0.29) is 17.1 Å². The van der Waals surface area contributed by atoms with Gasteiger partial charge in [-0.25, -0.2) is 13.2 Å². The average Bonchev–Trinajstić information content (AvgIpc) is 2.37. The van der Waals surface area contributed by atoms with Gasteiger partial charge in [0.2, 0.25) is 10.0 Å². The number of aryl methyl sites for hydroxylation is 1. The molecule has 1 atom stereocenters. The van der Waals surface area contributed by atoms with Crippen LogP contribution < -0.4 is 0 Å². The summed E-state index contributed by atoms with van der Waals surface area (Å²) >= 11 is 0. The third-order valence-electron chi connectivity index (χ3n) is 3.21. The fourth-order valence-corrected chi connectivity index (χ4v) is 3.44. The van der Waals surface area contributed by atoms with E-state index in [9.17, 15) is 18.3 Å². The molecule has 0 saturated carbocycles. The minimum Gasteiger partial charge on any atom is -0.507 e. The first-order valence-corrected chi connectivity index (χ1v) is 7.60. The Hall–Kier alpha value is -1.64. The third-order valence-corrected chi connectivity index (χ3v) is 5.32. The molecule has 2 N–H and O–H groups in total. The van der Waals surface area contributed by atoms with Crippen LogP contribution in [0.5, 0.6) is 5.75 Å². The maximum Gasteiger partial charge on any atom is 0.339 e. The fourth-order valence-electron chi connectivity index (χ4n) is 1.86. The van der Waals surface area contributed by atoms with Crippen LogP contribution in [0.4, 0.5) is 0 Å². The summed E-state index contributed by atoms with van der Waals surface area (Å²) in [6, 6.07) is 1.69. The highest BCUT2D eigenvalue weighted by atomic mass is 32.2. The van der Waals surface area contributed by atoms with Gasteiger partial charge in [0.15, 0.2) is 0 Å². The summed E-state index contributed by atoms with van der Waals surface area (Å²) in [5.41, 5.74) is -0.180. The first kappa shape index (κ1) is 17.4. The predicted octanol–water partition coefficient (Wildman–Crippen LogP) is 1.05. The molecular formula is C13H19NO6S. The van der Waals surface area contributed by atoms with Gasteiger partial charge in [-0.1, -0.05) is 0 Å². The number of methoxy groups -OCH3 is 1. The number of sulfonamides is 1. The molecule has 0 aliphatic rings. The highest BCUT2D eigenvalue weighted by Gasteiger charge is 2.28. The number of carbonyl (C=O) groups is 1. The number of aromatic carboxylic acids is 1. The van der Waals surface area contributed by atoms with Crippen LogP contribution in [-0.4, -0.2) is 55.7 Å². The van der Waals surface area contributed by atoms with Gasteiger partial charge in [-0.2, -0.15) is 4.31 Å². The van der Waals surface area contributed by atoms with Crippen LogP contribution in [-0.2, 0) is 14.8 Å². The molecule has 21 heavy (non-hydrogen) atoms. The number of rotatable bonds is 6. The molecule has 7 nitrogen and oxygen atoms in total. The zero-order valence-electron chi connectivity index (χ0n) is 12.3. The first-order valence-electron chi connectivity index (χ1n) is 6.16. The smallest absolute Gasteiger partial charge is 0.339 e. The Morgan fingerprint density at radius 2 is 2.00 bits per heavy atom. The lowest BCUT2D eigenvalue weighted by atomic mass is 10.1. The molecule has 8 heteroatoms. The number of hydrogen-bond donors (Lipinski definition) is 2. The van der Waals surface area contributed by atoms with Gasteiger partial charge in [0.05, 0.1) is 11.5 Å². The van der Waals surface area contributed by atoms with Crippen LogP contribution in [0.2, 0.25) is 0 Å². The van der Waals surface area contributed by atoms with E-state index in [0.717, 1.165) is 16.4 Å². The molecule has 1 aromatic carbocycles. The number of carboxylic acids is 1. The summed E-state index contributed by atoms with van der Waals surface area (Å²) < 4.78 is 31.1. The van der Waals surface area contributed by atoms with E-state index in [1.165, 1.54) is 21.1 Å². The van der Waals surface area contributed by atoms with Gasteiger partial charge in [0, 0.05) is 20.2 Å². The maximum atomic E-state index is 12.6. The normalized spacial score (nSPS) is 13.4. The van der Waals surface area contributed by atoms with Gasteiger partial charge in [0.25, 0.3) is 0 Å². The molecule has 0 radical (unpaired) electrons. The van der Waals surface area contributed by atoms with Crippen LogP contribution in [0.3, 0.4) is 0 Å². The Morgan fingerprint density at radius 3 is 2.48 bits per heavy atom. The zero-order chi connectivity index (χ0) is 16.4. The van der Waals surface area contributed by atoms with E-state index in [0.29, 0.717) is 0 Å². The molecule has 0 aliphatic heterocycles. The summed E-state index contributed by atoms with van der Waals surface area (Å²) in [5, 5.41) is 18.6. The molecule has 1 unspecified atom stereocenters. The van der Waals surface area contributed by atoms with Crippen LogP contribution in [0, 0.1) is 6.92 Å². The van der Waals surface area contributed by atoms with Gasteiger partial charge < -0.3 is 14.9 Å². The second kappa shape index (κ2) is 6.42. The van der Waals surface area contributed by atoms with Crippen molar-refractivity contribution in [3.63, 3.8) is 0 Å². The van der Waals surface area contributed by atoms with E-state index >= 15 is 0 Å². The summed E-state index contributed by atoms with van der Waals surface area (Å²) in [4.78, 5) is 10.9. The second-order valence-corrected chi connectivity index (χ2v) is 6.73. The molecule has 0 heterocycles. The summed E-state index contributed by atoms with van der Waals surface area (Å²) in [6.07, 6.45) is 0. The molecule has 118 valence electrons. The SMILES string of the molecule is COCC(C)N(C)S(=O)(=O)c1cc(C(=O)O)c(O)cc1C. The van der Waals surface area contributed by atoms with Crippen molar-refractivity contribution in [2.24, 2.45) is 0 Å². The lowest BCUT2D eigenvalue weighted by molar-refractivity contribution is 0.0693. The van der Waals surface area contributed by atoms with Crippen molar-refractivity contribution in [3.8, 4) is 5.75 Å². The number of hydrogen-bond acceptors (Lipinski definition) is 5. The molecule has 0 saturated heterocycles. The number of phenols is 1. The van der Waals surface area contributed by atoms with Crippen molar-refractivity contribution in [2.75, 3.05) is 20.8 Å². The monoisotopic (exact) mass is 317 g/mol. The van der Waals surface area contributed by atoms with E-state index in [4.69, 9.17) is 9.84 Å². The lowest BCUT2D eigenvalue weighted by Gasteiger charge is -2.24. The molecule has 0 aliphatic carbocycles. The molecule has 1 rings (SSSR count). The van der Waals surface area contributed by atoms with E-state index in [1.54, 1.807) is 6.92 Å². The Morgan fingerprint density at radius 1 is 1.43 bits per heavy atom. The fraction of sp³-hybridized carbons (Fsp3) is 0.462. The van der Waals surface area contributed by atoms with Crippen molar-refractivity contribution in [3.05, 3.63) is 23.3 Å². The third kappa shape index (κ3) is 3.52. The number of benzene rings is 1. The standard InChI is InChI=1S/C13H19NO6S/c1-8-5-11(15)10(13(16)17)6-12(8)21(18,19)14(3)9(2)7-20-4/h5-6,9,15H,7H2,1-4H3,(H,16,17). The number of nitrogens with zero attached hydrogens (tertiary/aromatic N) is 1. The Balaban J connectivity index is 3.38. The topological polar surface area (TPSA) is 104 Å². The summed E-state index contributed by atoms with van der Waals surface area (Å²) in [6.45, 7) is 3.38. The molecule has 0 aromatic heterocycles. The first-order chi connectivity index (χ1) is 9.62. The minimum atomic E-state index is -3.88. The molecule has 1 aromatic rings. The molecule has 0 spiro atoms. The van der Waals surface area contributed by atoms with Gasteiger partial charge in [-0.15, -0.1) is 0 Å². The number of likely N-dealkylation sites (N-methyl/N-ethyl adjacent to an activating group) is 1. The highest BCUT2D eigenvalue weighted by molar-refractivity contribution is 7.89. The molecule has 0 amide bonds. The van der Waals surface area contributed by atoms with E-state index in [2.05, 4.69) is 0 Å². The number of ether oxygens (including phenoxy) is 1. The summed E-state index contributed by atoms with van der Waals surface area (Å²) in [7, 11) is -1.03. The lowest BCUT2D eigenvalue weighted by Crippen LogP contribution is -2.38. The van der Waals surface area contributed by atoms with Gasteiger partial charge in [0.1, 0.15) is 11.3 Å². The van der Waals surface area contributed by atoms with Crippen LogP contribution in [0.25, 0.3) is 0 Å². The summed E-state index contributed by atoms with van der Waals surface area (Å²) in [5.74, 6) is -1.86. The molecule has 0 bridgehead atoms. The predicted molar refractivity (Wildman–Crippen MR) is 76.1 cm³/mol. The maximum absolute atomic E-state index is 12.6. The number of carboxylic acid groups (broad SMARTS) is 1. The average molecular weight is 317 g/mol. The quantitative estimate of drug-likeness (QED) is 0.813. The van der Waals surface area contributed by atoms with Crippen molar-refractivity contribution >= 4 is 16.0 Å². The Labute approximate surface area is 123 Å². The van der Waals surface area contributed by atoms with E-state index in [1.807, 2.05) is 0 Å².